The van der Waals surface area contributed by atoms with Gasteiger partial charge in [0.05, 0.1) is 27.6 Å². The predicted molar refractivity (Wildman–Crippen MR) is 120 cm³/mol. The molecule has 33 heavy (non-hydrogen) atoms. The summed E-state index contributed by atoms with van der Waals surface area (Å²) in [5.41, 5.74) is -0.559. The average Bonchev–Trinajstić information content (AvgIpc) is 2.73. The molecule has 13 heteroatoms. The normalized spacial score (nSPS) is 15.6. The second-order valence-electron chi connectivity index (χ2n) is 8.38. The van der Waals surface area contributed by atoms with Gasteiger partial charge in [-0.2, -0.15) is 4.98 Å². The molecule has 1 saturated heterocycles. The summed E-state index contributed by atoms with van der Waals surface area (Å²) in [5.74, 6) is -0.212. The second kappa shape index (κ2) is 10.1. The van der Waals surface area contributed by atoms with E-state index in [1.807, 2.05) is 0 Å². The van der Waals surface area contributed by atoms with Gasteiger partial charge in [0.15, 0.2) is 0 Å². The van der Waals surface area contributed by atoms with Crippen molar-refractivity contribution in [1.82, 2.24) is 19.9 Å². The molecular weight excluding hydrogens is 452 g/mol. The number of piperidine rings is 1. The number of likely N-dealkylation sites (tertiary alicyclic amines) is 1. The van der Waals surface area contributed by atoms with Crippen LogP contribution in [0, 0.1) is 10.1 Å². The summed E-state index contributed by atoms with van der Waals surface area (Å²) in [4.78, 5) is 37.0. The number of nitrogens with zero attached hydrogens (tertiary/aromatic N) is 5. The molecule has 0 spiro atoms. The van der Waals surface area contributed by atoms with Gasteiger partial charge in [0.25, 0.3) is 5.88 Å². The Morgan fingerprint density at radius 3 is 2.48 bits per heavy atom. The second-order valence-corrected chi connectivity index (χ2v) is 9.71. The molecule has 1 fully saturated rings. The Labute approximate surface area is 193 Å². The lowest BCUT2D eigenvalue weighted by Gasteiger charge is -2.33. The summed E-state index contributed by atoms with van der Waals surface area (Å²) in [6, 6.07) is 3.16. The van der Waals surface area contributed by atoms with Crippen LogP contribution in [0.25, 0.3) is 0 Å². The molecule has 2 aromatic rings. The molecule has 178 valence electrons. The smallest absolute Gasteiger partial charge is 0.410 e. The quantitative estimate of drug-likeness (QED) is 0.485. The van der Waals surface area contributed by atoms with Crippen molar-refractivity contribution in [3.63, 3.8) is 0 Å². The van der Waals surface area contributed by atoms with E-state index in [4.69, 9.17) is 9.47 Å². The topological polar surface area (TPSA) is 150 Å². The molecule has 1 atom stereocenters. The molecule has 0 aliphatic carbocycles. The number of carbonyl (C=O) groups is 1. The minimum atomic E-state index is -1.24. The third-order valence-corrected chi connectivity index (χ3v) is 5.47. The Morgan fingerprint density at radius 2 is 1.94 bits per heavy atom. The van der Waals surface area contributed by atoms with Gasteiger partial charge in [-0.3, -0.25) is 14.3 Å². The molecule has 0 bridgehead atoms. The van der Waals surface area contributed by atoms with Crippen molar-refractivity contribution in [3.8, 4) is 5.88 Å². The van der Waals surface area contributed by atoms with Crippen molar-refractivity contribution in [1.29, 1.82) is 0 Å². The fourth-order valence-electron chi connectivity index (χ4n) is 3.11. The van der Waals surface area contributed by atoms with Crippen LogP contribution in [0.3, 0.4) is 0 Å². The SMILES string of the molecule is CS(=O)c1ccc(Nc2ncnc(OC3CCN(C(=O)OC(C)(C)C)CC3)c2[N+](=O)[O-])cn1. The first-order valence-corrected chi connectivity index (χ1v) is 11.8. The van der Waals surface area contributed by atoms with Crippen LogP contribution < -0.4 is 10.1 Å². The lowest BCUT2D eigenvalue weighted by Crippen LogP contribution is -2.44. The van der Waals surface area contributed by atoms with E-state index in [-0.39, 0.29) is 17.8 Å². The van der Waals surface area contributed by atoms with E-state index in [2.05, 4.69) is 20.3 Å². The van der Waals surface area contributed by atoms with E-state index in [0.29, 0.717) is 36.6 Å². The molecule has 12 nitrogen and oxygen atoms in total. The number of anilines is 2. The third-order valence-electron chi connectivity index (χ3n) is 4.64. The summed E-state index contributed by atoms with van der Waals surface area (Å²) in [6.45, 7) is 6.21. The first kappa shape index (κ1) is 24.3. The standard InChI is InChI=1S/C20H26N6O6S/c1-20(2,3)32-19(27)25-9-7-14(8-10-25)31-18-16(26(28)29)17(22-12-23-18)24-13-5-6-15(21-11-13)33(4)30/h5-6,11-12,14H,7-10H2,1-4H3,(H,22,23,24). The summed E-state index contributed by atoms with van der Waals surface area (Å²) >= 11 is 0. The van der Waals surface area contributed by atoms with E-state index in [0.717, 1.165) is 0 Å². The highest BCUT2D eigenvalue weighted by Crippen LogP contribution is 2.34. The molecule has 1 N–H and O–H groups in total. The molecule has 1 aliphatic rings. The number of amides is 1. The monoisotopic (exact) mass is 478 g/mol. The zero-order valence-corrected chi connectivity index (χ0v) is 19.6. The van der Waals surface area contributed by atoms with E-state index in [9.17, 15) is 19.1 Å². The van der Waals surface area contributed by atoms with Crippen LogP contribution in [0.2, 0.25) is 0 Å². The molecule has 1 amide bonds. The van der Waals surface area contributed by atoms with Crippen LogP contribution in [0.15, 0.2) is 29.7 Å². The number of rotatable bonds is 6. The van der Waals surface area contributed by atoms with Crippen LogP contribution in [-0.2, 0) is 15.5 Å². The molecule has 0 aromatic carbocycles. The highest BCUT2D eigenvalue weighted by atomic mass is 32.2. The predicted octanol–water partition coefficient (Wildman–Crippen LogP) is 3.04. The van der Waals surface area contributed by atoms with Crippen LogP contribution in [0.1, 0.15) is 33.6 Å². The van der Waals surface area contributed by atoms with E-state index in [1.165, 1.54) is 18.8 Å². The number of pyridine rings is 1. The van der Waals surface area contributed by atoms with Gasteiger partial charge in [0.1, 0.15) is 23.1 Å². The highest BCUT2D eigenvalue weighted by Gasteiger charge is 2.31. The number of nitrogens with one attached hydrogen (secondary N) is 1. The Kier molecular flexibility index (Phi) is 7.41. The van der Waals surface area contributed by atoms with Crippen molar-refractivity contribution >= 4 is 34.1 Å². The molecule has 3 rings (SSSR count). The summed E-state index contributed by atoms with van der Waals surface area (Å²) in [5, 5.41) is 15.0. The van der Waals surface area contributed by atoms with Crippen LogP contribution in [0.5, 0.6) is 5.88 Å². The Hall–Kier alpha value is -3.35. The summed E-state index contributed by atoms with van der Waals surface area (Å²) in [7, 11) is -1.24. The maximum Gasteiger partial charge on any atom is 0.410 e. The van der Waals surface area contributed by atoms with Gasteiger partial charge in [-0.1, -0.05) is 0 Å². The number of hydrogen-bond acceptors (Lipinski definition) is 10. The zero-order valence-electron chi connectivity index (χ0n) is 18.8. The van der Waals surface area contributed by atoms with Gasteiger partial charge in [-0.25, -0.2) is 14.8 Å². The lowest BCUT2D eigenvalue weighted by molar-refractivity contribution is -0.385. The first-order valence-electron chi connectivity index (χ1n) is 10.2. The van der Waals surface area contributed by atoms with E-state index >= 15 is 0 Å². The Morgan fingerprint density at radius 1 is 1.24 bits per heavy atom. The van der Waals surface area contributed by atoms with Crippen molar-refractivity contribution in [3.05, 3.63) is 34.8 Å². The van der Waals surface area contributed by atoms with Crippen molar-refractivity contribution < 1.29 is 23.4 Å². The average molecular weight is 479 g/mol. The van der Waals surface area contributed by atoms with Crippen molar-refractivity contribution in [2.45, 2.75) is 50.3 Å². The Bertz CT molecular complexity index is 1030. The number of hydrogen-bond donors (Lipinski definition) is 1. The van der Waals surface area contributed by atoms with Gasteiger partial charge < -0.3 is 19.7 Å². The fraction of sp³-hybridized carbons (Fsp3) is 0.500. The fourth-order valence-corrected chi connectivity index (χ4v) is 3.57. The number of carbonyl (C=O) groups excluding carboxylic acids is 1. The van der Waals surface area contributed by atoms with Gasteiger partial charge in [0.2, 0.25) is 5.82 Å². The van der Waals surface area contributed by atoms with Gasteiger partial charge >= 0.3 is 11.8 Å². The number of nitro groups is 1. The molecule has 1 unspecified atom stereocenters. The van der Waals surface area contributed by atoms with Crippen molar-refractivity contribution in [2.24, 2.45) is 0 Å². The van der Waals surface area contributed by atoms with Gasteiger partial charge in [-0.15, -0.1) is 0 Å². The van der Waals surface area contributed by atoms with Crippen LogP contribution in [-0.4, -0.2) is 66.1 Å². The highest BCUT2D eigenvalue weighted by molar-refractivity contribution is 7.84. The largest absolute Gasteiger partial charge is 0.469 e. The molecule has 0 saturated carbocycles. The van der Waals surface area contributed by atoms with Crippen molar-refractivity contribution in [2.75, 3.05) is 24.7 Å². The van der Waals surface area contributed by atoms with E-state index in [1.54, 1.807) is 37.8 Å². The molecular formula is C20H26N6O6S. The Balaban J connectivity index is 1.70. The first-order chi connectivity index (χ1) is 15.5. The maximum absolute atomic E-state index is 12.2. The summed E-state index contributed by atoms with van der Waals surface area (Å²) in [6.07, 6.45) is 4.29. The number of ether oxygens (including phenoxy) is 2. The molecule has 3 heterocycles. The third kappa shape index (κ3) is 6.57. The van der Waals surface area contributed by atoms with E-state index < -0.39 is 33.1 Å². The van der Waals surface area contributed by atoms with Gasteiger partial charge in [-0.05, 0) is 32.9 Å². The van der Waals surface area contributed by atoms with Crippen LogP contribution in [0.4, 0.5) is 22.0 Å². The summed E-state index contributed by atoms with van der Waals surface area (Å²) < 4.78 is 22.7. The molecule has 2 aromatic heterocycles. The number of aromatic nitrogens is 3. The zero-order chi connectivity index (χ0) is 24.2. The lowest BCUT2D eigenvalue weighted by atomic mass is 10.1. The molecule has 1 aliphatic heterocycles. The van der Waals surface area contributed by atoms with Gasteiger partial charge in [0, 0.05) is 32.2 Å². The minimum absolute atomic E-state index is 0.0524. The minimum Gasteiger partial charge on any atom is -0.469 e. The molecule has 0 radical (unpaired) electrons. The maximum atomic E-state index is 12.2. The van der Waals surface area contributed by atoms with Crippen LogP contribution >= 0.6 is 0 Å².